The van der Waals surface area contributed by atoms with E-state index in [-0.39, 0.29) is 0 Å². The van der Waals surface area contributed by atoms with E-state index in [1.165, 1.54) is 12.8 Å². The fraction of sp³-hybridized carbons (Fsp3) is 0.667. The van der Waals surface area contributed by atoms with Gasteiger partial charge in [-0.25, -0.2) is 4.68 Å². The third-order valence-corrected chi connectivity index (χ3v) is 4.01. The molecular formula is C12H14ClN3. The fourth-order valence-corrected chi connectivity index (χ4v) is 2.56. The van der Waals surface area contributed by atoms with Gasteiger partial charge < -0.3 is 0 Å². The summed E-state index contributed by atoms with van der Waals surface area (Å²) in [5.74, 6) is 1.19. The first kappa shape index (κ1) is 10.2. The van der Waals surface area contributed by atoms with Crippen LogP contribution in [0.5, 0.6) is 0 Å². The van der Waals surface area contributed by atoms with E-state index in [0.29, 0.717) is 28.6 Å². The van der Waals surface area contributed by atoms with Crippen LogP contribution in [0, 0.1) is 17.2 Å². The standard InChI is InChI=1S/C12H14ClN3/c1-7(8-2-3-8)16-12(13)10(6-14)11(15-16)9-4-5-9/h7-9H,2-5H2,1H3. The van der Waals surface area contributed by atoms with Crippen LogP contribution in [0.3, 0.4) is 0 Å². The number of aromatic nitrogens is 2. The highest BCUT2D eigenvalue weighted by molar-refractivity contribution is 6.30. The maximum Gasteiger partial charge on any atom is 0.145 e. The fourth-order valence-electron chi connectivity index (χ4n) is 2.22. The molecule has 84 valence electrons. The Morgan fingerprint density at radius 3 is 2.62 bits per heavy atom. The first-order chi connectivity index (χ1) is 7.72. The van der Waals surface area contributed by atoms with Crippen LogP contribution in [0.2, 0.25) is 5.15 Å². The molecule has 4 heteroatoms. The van der Waals surface area contributed by atoms with E-state index in [4.69, 9.17) is 16.9 Å². The van der Waals surface area contributed by atoms with Crippen molar-refractivity contribution in [2.75, 3.05) is 0 Å². The molecule has 2 fully saturated rings. The van der Waals surface area contributed by atoms with Gasteiger partial charge in [0.05, 0.1) is 11.7 Å². The number of nitrogens with zero attached hydrogens (tertiary/aromatic N) is 3. The van der Waals surface area contributed by atoms with Gasteiger partial charge in [-0.05, 0) is 38.5 Å². The van der Waals surface area contributed by atoms with Gasteiger partial charge in [-0.15, -0.1) is 0 Å². The molecule has 3 rings (SSSR count). The molecule has 1 aromatic rings. The second-order valence-corrected chi connectivity index (χ2v) is 5.32. The monoisotopic (exact) mass is 235 g/mol. The summed E-state index contributed by atoms with van der Waals surface area (Å²) in [5, 5.41) is 14.2. The van der Waals surface area contributed by atoms with Crippen molar-refractivity contribution >= 4 is 11.6 Å². The second-order valence-electron chi connectivity index (χ2n) is 4.96. The zero-order valence-corrected chi connectivity index (χ0v) is 10.0. The molecule has 1 atom stereocenters. The molecule has 3 nitrogen and oxygen atoms in total. The summed E-state index contributed by atoms with van der Waals surface area (Å²) in [5.41, 5.74) is 1.54. The number of nitriles is 1. The minimum atomic E-state index is 0.340. The van der Waals surface area contributed by atoms with Crippen LogP contribution >= 0.6 is 11.6 Å². The lowest BCUT2D eigenvalue weighted by molar-refractivity contribution is 0.437. The molecule has 0 radical (unpaired) electrons. The first-order valence-corrected chi connectivity index (χ1v) is 6.28. The number of hydrogen-bond acceptors (Lipinski definition) is 2. The Hall–Kier alpha value is -1.01. The maximum atomic E-state index is 9.14. The quantitative estimate of drug-likeness (QED) is 0.807. The highest BCUT2D eigenvalue weighted by atomic mass is 35.5. The zero-order valence-electron chi connectivity index (χ0n) is 9.28. The van der Waals surface area contributed by atoms with E-state index in [2.05, 4.69) is 18.1 Å². The van der Waals surface area contributed by atoms with Gasteiger partial charge in [-0.3, -0.25) is 0 Å². The van der Waals surface area contributed by atoms with Gasteiger partial charge in [0.2, 0.25) is 0 Å². The molecule has 2 aliphatic carbocycles. The van der Waals surface area contributed by atoms with Crippen molar-refractivity contribution < 1.29 is 0 Å². The van der Waals surface area contributed by atoms with E-state index in [1.807, 2.05) is 4.68 Å². The molecule has 0 spiro atoms. The van der Waals surface area contributed by atoms with Gasteiger partial charge in [-0.1, -0.05) is 11.6 Å². The zero-order chi connectivity index (χ0) is 11.3. The largest absolute Gasteiger partial charge is 0.249 e. The van der Waals surface area contributed by atoms with Gasteiger partial charge >= 0.3 is 0 Å². The number of hydrogen-bond donors (Lipinski definition) is 0. The predicted molar refractivity (Wildman–Crippen MR) is 61.4 cm³/mol. The topological polar surface area (TPSA) is 41.6 Å². The molecule has 0 aliphatic heterocycles. The molecule has 1 heterocycles. The first-order valence-electron chi connectivity index (χ1n) is 5.90. The lowest BCUT2D eigenvalue weighted by Gasteiger charge is -2.11. The molecular weight excluding hydrogens is 222 g/mol. The van der Waals surface area contributed by atoms with Crippen LogP contribution in [-0.4, -0.2) is 9.78 Å². The SMILES string of the molecule is CC(C1CC1)n1nc(C2CC2)c(C#N)c1Cl. The van der Waals surface area contributed by atoms with Gasteiger partial charge in [0.1, 0.15) is 16.8 Å². The molecule has 0 aromatic carbocycles. The van der Waals surface area contributed by atoms with Crippen LogP contribution in [0.1, 0.15) is 55.8 Å². The predicted octanol–water partition coefficient (Wildman–Crippen LogP) is 3.26. The summed E-state index contributed by atoms with van der Waals surface area (Å²) in [6, 6.07) is 2.54. The van der Waals surface area contributed by atoms with E-state index in [1.54, 1.807) is 0 Å². The Balaban J connectivity index is 2.01. The summed E-state index contributed by atoms with van der Waals surface area (Å²) >= 11 is 6.25. The van der Waals surface area contributed by atoms with Crippen molar-refractivity contribution in [3.05, 3.63) is 16.4 Å². The van der Waals surface area contributed by atoms with Crippen LogP contribution in [0.15, 0.2) is 0 Å². The van der Waals surface area contributed by atoms with Crippen molar-refractivity contribution in [1.29, 1.82) is 5.26 Å². The third-order valence-electron chi connectivity index (χ3n) is 3.64. The average Bonchev–Trinajstić information content (AvgIpc) is 3.15. The van der Waals surface area contributed by atoms with Crippen molar-refractivity contribution in [2.45, 2.75) is 44.6 Å². The van der Waals surface area contributed by atoms with E-state index < -0.39 is 0 Å². The van der Waals surface area contributed by atoms with E-state index in [9.17, 15) is 0 Å². The van der Waals surface area contributed by atoms with Gasteiger partial charge in [0, 0.05) is 5.92 Å². The molecule has 16 heavy (non-hydrogen) atoms. The van der Waals surface area contributed by atoms with Gasteiger partial charge in [-0.2, -0.15) is 10.4 Å². The Kier molecular flexibility index (Phi) is 2.22. The van der Waals surface area contributed by atoms with Crippen LogP contribution in [0.25, 0.3) is 0 Å². The summed E-state index contributed by atoms with van der Waals surface area (Å²) < 4.78 is 1.87. The lowest BCUT2D eigenvalue weighted by Crippen LogP contribution is -2.09. The average molecular weight is 236 g/mol. The molecule has 0 N–H and O–H groups in total. The maximum absolute atomic E-state index is 9.14. The molecule has 1 aromatic heterocycles. The highest BCUT2D eigenvalue weighted by Gasteiger charge is 2.35. The van der Waals surface area contributed by atoms with Crippen molar-refractivity contribution in [3.63, 3.8) is 0 Å². The van der Waals surface area contributed by atoms with Gasteiger partial charge in [0.15, 0.2) is 0 Å². The highest BCUT2D eigenvalue weighted by Crippen LogP contribution is 2.45. The minimum absolute atomic E-state index is 0.340. The van der Waals surface area contributed by atoms with Crippen LogP contribution in [0.4, 0.5) is 0 Å². The van der Waals surface area contributed by atoms with Crippen molar-refractivity contribution in [2.24, 2.45) is 5.92 Å². The van der Waals surface area contributed by atoms with Crippen LogP contribution in [-0.2, 0) is 0 Å². The minimum Gasteiger partial charge on any atom is -0.249 e. The van der Waals surface area contributed by atoms with Crippen molar-refractivity contribution in [3.8, 4) is 6.07 Å². The van der Waals surface area contributed by atoms with Crippen LogP contribution < -0.4 is 0 Å². The summed E-state index contributed by atoms with van der Waals surface area (Å²) in [6.07, 6.45) is 4.83. The Bertz CT molecular complexity index is 463. The second kappa shape index (κ2) is 3.49. The molecule has 0 bridgehead atoms. The van der Waals surface area contributed by atoms with E-state index >= 15 is 0 Å². The summed E-state index contributed by atoms with van der Waals surface area (Å²) in [7, 11) is 0. The van der Waals surface area contributed by atoms with Crippen molar-refractivity contribution in [1.82, 2.24) is 9.78 Å². The Morgan fingerprint density at radius 2 is 2.12 bits per heavy atom. The number of rotatable bonds is 3. The smallest absolute Gasteiger partial charge is 0.145 e. The molecule has 2 aliphatic rings. The molecule has 0 saturated heterocycles. The Morgan fingerprint density at radius 1 is 1.44 bits per heavy atom. The molecule has 1 unspecified atom stereocenters. The third kappa shape index (κ3) is 1.53. The summed E-state index contributed by atoms with van der Waals surface area (Å²) in [4.78, 5) is 0. The molecule has 0 amide bonds. The Labute approximate surface area is 100 Å². The number of halogens is 1. The lowest BCUT2D eigenvalue weighted by atomic mass is 10.2. The van der Waals surface area contributed by atoms with E-state index in [0.717, 1.165) is 18.5 Å². The molecule has 2 saturated carbocycles. The normalized spacial score (nSPS) is 21.8. The van der Waals surface area contributed by atoms with Gasteiger partial charge in [0.25, 0.3) is 0 Å². The summed E-state index contributed by atoms with van der Waals surface area (Å²) in [6.45, 7) is 2.15.